The molecule has 0 bridgehead atoms. The first-order valence-electron chi connectivity index (χ1n) is 14.5. The predicted molar refractivity (Wildman–Crippen MR) is 154 cm³/mol. The molecule has 1 atom stereocenters. The van der Waals surface area contributed by atoms with E-state index in [0.717, 1.165) is 35.4 Å². The third-order valence-corrected chi connectivity index (χ3v) is 6.90. The Morgan fingerprint density at radius 2 is 1.22 bits per heavy atom. The molecule has 0 amide bonds. The summed E-state index contributed by atoms with van der Waals surface area (Å²) in [5, 5.41) is 0. The summed E-state index contributed by atoms with van der Waals surface area (Å²) in [4.78, 5) is 9.19. The summed E-state index contributed by atoms with van der Waals surface area (Å²) < 4.78 is 19.2. The van der Waals surface area contributed by atoms with Gasteiger partial charge in [-0.3, -0.25) is 0 Å². The Kier molecular flexibility index (Phi) is 13.2. The predicted octanol–water partition coefficient (Wildman–Crippen LogP) is 9.79. The van der Waals surface area contributed by atoms with E-state index in [-0.39, 0.29) is 6.61 Å². The van der Waals surface area contributed by atoms with Crippen LogP contribution in [0.4, 0.5) is 4.39 Å². The van der Waals surface area contributed by atoms with Crippen molar-refractivity contribution in [3.8, 4) is 28.3 Å². The molecule has 0 fully saturated rings. The monoisotopic (exact) mass is 504 g/mol. The summed E-state index contributed by atoms with van der Waals surface area (Å²) in [5.74, 6) is 1.41. The summed E-state index contributed by atoms with van der Waals surface area (Å²) >= 11 is 0. The van der Waals surface area contributed by atoms with Crippen molar-refractivity contribution in [2.45, 2.75) is 103 Å². The average molecular weight is 505 g/mol. The Hall–Kier alpha value is -2.75. The summed E-state index contributed by atoms with van der Waals surface area (Å²) in [5.41, 5.74) is 4.38. The van der Waals surface area contributed by atoms with Gasteiger partial charge >= 0.3 is 0 Å². The molecule has 3 aromatic rings. The van der Waals surface area contributed by atoms with E-state index in [1.165, 1.54) is 69.8 Å². The molecule has 2 aromatic carbocycles. The number of rotatable bonds is 18. The number of hydrogen-bond donors (Lipinski definition) is 0. The molecule has 0 spiro atoms. The van der Waals surface area contributed by atoms with Crippen molar-refractivity contribution in [1.29, 1.82) is 0 Å². The van der Waals surface area contributed by atoms with Crippen molar-refractivity contribution in [3.05, 3.63) is 66.5 Å². The van der Waals surface area contributed by atoms with E-state index < -0.39 is 6.17 Å². The van der Waals surface area contributed by atoms with Crippen LogP contribution in [0.3, 0.4) is 0 Å². The van der Waals surface area contributed by atoms with Crippen LogP contribution in [-0.4, -0.2) is 22.7 Å². The number of aromatic nitrogens is 2. The van der Waals surface area contributed by atoms with Gasteiger partial charge in [0.05, 0.1) is 0 Å². The Morgan fingerprint density at radius 3 is 1.81 bits per heavy atom. The Bertz CT molecular complexity index is 986. The van der Waals surface area contributed by atoms with E-state index in [1.54, 1.807) is 0 Å². The minimum Gasteiger partial charge on any atom is -0.491 e. The fourth-order valence-corrected chi connectivity index (χ4v) is 4.59. The van der Waals surface area contributed by atoms with E-state index >= 15 is 0 Å². The van der Waals surface area contributed by atoms with Gasteiger partial charge in [0.2, 0.25) is 0 Å². The molecule has 37 heavy (non-hydrogen) atoms. The highest BCUT2D eigenvalue weighted by Gasteiger charge is 2.07. The van der Waals surface area contributed by atoms with E-state index in [9.17, 15) is 4.39 Å². The molecule has 0 saturated carbocycles. The standard InChI is InChI=1S/C33H45FN2O/c1-3-5-6-7-8-9-10-11-12-13-15-27-16-18-29(19-17-27)33-35-24-30(25-36-33)28-20-22-32(23-21-28)37-26-31(34)14-4-2/h16-25,31H,3-15,26H2,1-2H3. The zero-order valence-corrected chi connectivity index (χ0v) is 22.9. The summed E-state index contributed by atoms with van der Waals surface area (Å²) in [6.45, 7) is 4.35. The molecular formula is C33H45FN2O. The normalized spacial score (nSPS) is 12.0. The van der Waals surface area contributed by atoms with Crippen molar-refractivity contribution in [2.75, 3.05) is 6.61 Å². The average Bonchev–Trinajstić information content (AvgIpc) is 2.94. The van der Waals surface area contributed by atoms with Crippen LogP contribution in [0.5, 0.6) is 5.75 Å². The molecule has 0 radical (unpaired) electrons. The molecule has 0 saturated heterocycles. The molecule has 1 unspecified atom stereocenters. The lowest BCUT2D eigenvalue weighted by atomic mass is 10.0. The second kappa shape index (κ2) is 16.9. The number of nitrogens with zero attached hydrogens (tertiary/aromatic N) is 2. The molecule has 200 valence electrons. The van der Waals surface area contributed by atoms with E-state index in [0.29, 0.717) is 12.2 Å². The first kappa shape index (κ1) is 28.8. The first-order chi connectivity index (χ1) is 18.2. The number of aryl methyl sites for hydroxylation is 1. The van der Waals surface area contributed by atoms with Crippen molar-refractivity contribution in [1.82, 2.24) is 9.97 Å². The van der Waals surface area contributed by atoms with Gasteiger partial charge in [-0.2, -0.15) is 0 Å². The minimum atomic E-state index is -0.917. The van der Waals surface area contributed by atoms with Gasteiger partial charge in [0, 0.05) is 23.5 Å². The Balaban J connectivity index is 1.39. The number of alkyl halides is 1. The highest BCUT2D eigenvalue weighted by molar-refractivity contribution is 5.64. The third kappa shape index (κ3) is 10.6. The zero-order valence-electron chi connectivity index (χ0n) is 22.9. The molecule has 0 aliphatic rings. The minimum absolute atomic E-state index is 0.100. The van der Waals surface area contributed by atoms with Gasteiger partial charge in [-0.25, -0.2) is 14.4 Å². The Labute approximate surface area is 223 Å². The fraction of sp³-hybridized carbons (Fsp3) is 0.515. The third-order valence-electron chi connectivity index (χ3n) is 6.90. The van der Waals surface area contributed by atoms with Crippen LogP contribution in [0.25, 0.3) is 22.5 Å². The topological polar surface area (TPSA) is 35.0 Å². The van der Waals surface area contributed by atoms with Crippen LogP contribution in [0.15, 0.2) is 60.9 Å². The number of halogens is 1. The first-order valence-corrected chi connectivity index (χ1v) is 14.5. The zero-order chi connectivity index (χ0) is 26.1. The highest BCUT2D eigenvalue weighted by Crippen LogP contribution is 2.24. The maximum absolute atomic E-state index is 13.6. The SMILES string of the molecule is CCCCCCCCCCCCc1ccc(-c2ncc(-c3ccc(OCC(F)CCC)cc3)cn2)cc1. The number of ether oxygens (including phenoxy) is 1. The van der Waals surface area contributed by atoms with Crippen LogP contribution in [0.2, 0.25) is 0 Å². The van der Waals surface area contributed by atoms with Crippen LogP contribution < -0.4 is 4.74 Å². The van der Waals surface area contributed by atoms with Gasteiger partial charge < -0.3 is 4.74 Å². The smallest absolute Gasteiger partial charge is 0.159 e. The van der Waals surface area contributed by atoms with E-state index in [1.807, 2.05) is 43.6 Å². The molecule has 4 heteroatoms. The van der Waals surface area contributed by atoms with E-state index in [4.69, 9.17) is 4.74 Å². The maximum atomic E-state index is 13.6. The van der Waals surface area contributed by atoms with Gasteiger partial charge in [0.15, 0.2) is 5.82 Å². The molecule has 3 nitrogen and oxygen atoms in total. The van der Waals surface area contributed by atoms with Crippen molar-refractivity contribution in [2.24, 2.45) is 0 Å². The van der Waals surface area contributed by atoms with Gasteiger partial charge in [-0.1, -0.05) is 114 Å². The quantitative estimate of drug-likeness (QED) is 0.162. The lowest BCUT2D eigenvalue weighted by molar-refractivity contribution is 0.186. The molecule has 0 aliphatic heterocycles. The van der Waals surface area contributed by atoms with Gasteiger partial charge in [-0.05, 0) is 42.5 Å². The van der Waals surface area contributed by atoms with Crippen molar-refractivity contribution < 1.29 is 9.13 Å². The second-order valence-corrected chi connectivity index (χ2v) is 10.1. The molecule has 1 aromatic heterocycles. The summed E-state index contributed by atoms with van der Waals surface area (Å²) in [6.07, 6.45) is 19.0. The van der Waals surface area contributed by atoms with Crippen molar-refractivity contribution >= 4 is 0 Å². The highest BCUT2D eigenvalue weighted by atomic mass is 19.1. The van der Waals surface area contributed by atoms with Gasteiger partial charge in [-0.15, -0.1) is 0 Å². The number of unbranched alkanes of at least 4 members (excludes halogenated alkanes) is 9. The van der Waals surface area contributed by atoms with Crippen molar-refractivity contribution in [3.63, 3.8) is 0 Å². The van der Waals surface area contributed by atoms with Crippen LogP contribution in [0.1, 0.15) is 96.5 Å². The van der Waals surface area contributed by atoms with Crippen LogP contribution >= 0.6 is 0 Å². The van der Waals surface area contributed by atoms with Crippen LogP contribution in [0, 0.1) is 0 Å². The molecule has 0 aliphatic carbocycles. The Morgan fingerprint density at radius 1 is 0.649 bits per heavy atom. The molecule has 1 heterocycles. The summed E-state index contributed by atoms with van der Waals surface area (Å²) in [6, 6.07) is 16.3. The van der Waals surface area contributed by atoms with Gasteiger partial charge in [0.25, 0.3) is 0 Å². The number of hydrogen-bond acceptors (Lipinski definition) is 3. The largest absolute Gasteiger partial charge is 0.491 e. The van der Waals surface area contributed by atoms with Gasteiger partial charge in [0.1, 0.15) is 18.5 Å². The lowest BCUT2D eigenvalue weighted by Gasteiger charge is -2.10. The number of benzene rings is 2. The maximum Gasteiger partial charge on any atom is 0.159 e. The second-order valence-electron chi connectivity index (χ2n) is 10.1. The van der Waals surface area contributed by atoms with Crippen LogP contribution in [-0.2, 0) is 6.42 Å². The summed E-state index contributed by atoms with van der Waals surface area (Å²) in [7, 11) is 0. The lowest BCUT2D eigenvalue weighted by Crippen LogP contribution is -2.12. The van der Waals surface area contributed by atoms with E-state index in [2.05, 4.69) is 41.2 Å². The molecule has 0 N–H and O–H groups in total. The fourth-order valence-electron chi connectivity index (χ4n) is 4.59. The molecular weight excluding hydrogens is 459 g/mol. The molecule has 3 rings (SSSR count).